The lowest BCUT2D eigenvalue weighted by atomic mass is 10.00. The van der Waals surface area contributed by atoms with Crippen molar-refractivity contribution in [3.05, 3.63) is 29.8 Å². The zero-order valence-electron chi connectivity index (χ0n) is 39.2. The fourth-order valence-corrected chi connectivity index (χ4v) is 7.65. The topological polar surface area (TPSA) is 403 Å². The molecule has 2 aliphatic heterocycles. The van der Waals surface area contributed by atoms with Crippen LogP contribution in [0.4, 0.5) is 0 Å². The summed E-state index contributed by atoms with van der Waals surface area (Å²) in [6.07, 6.45) is -2.28. The van der Waals surface area contributed by atoms with Crippen molar-refractivity contribution in [2.24, 2.45) is 29.0 Å². The van der Waals surface area contributed by atoms with Crippen molar-refractivity contribution < 1.29 is 62.6 Å². The van der Waals surface area contributed by atoms with Gasteiger partial charge in [-0.2, -0.15) is 0 Å². The lowest BCUT2D eigenvalue weighted by Crippen LogP contribution is -2.61. The summed E-state index contributed by atoms with van der Waals surface area (Å²) >= 11 is 0. The van der Waals surface area contributed by atoms with E-state index in [9.17, 15) is 62.6 Å². The molecule has 3 rings (SSSR count). The summed E-state index contributed by atoms with van der Waals surface area (Å²) in [5, 5.41) is 29.6. The van der Waals surface area contributed by atoms with E-state index in [0.717, 1.165) is 4.90 Å². The van der Waals surface area contributed by atoms with Crippen molar-refractivity contribution >= 4 is 70.9 Å². The largest absolute Gasteiger partial charge is 0.508 e. The van der Waals surface area contributed by atoms with Gasteiger partial charge in [-0.05, 0) is 68.1 Å². The first-order chi connectivity index (χ1) is 32.4. The van der Waals surface area contributed by atoms with Crippen molar-refractivity contribution in [3.8, 4) is 5.75 Å². The molecule has 0 radical (unpaired) electrons. The van der Waals surface area contributed by atoms with E-state index in [1.54, 1.807) is 27.7 Å². The Hall–Kier alpha value is -7.34. The third-order valence-electron chi connectivity index (χ3n) is 11.1. The molecule has 0 aliphatic carbocycles. The van der Waals surface area contributed by atoms with Gasteiger partial charge < -0.3 is 69.7 Å². The number of likely N-dealkylation sites (tertiary alicyclic amines) is 1. The van der Waals surface area contributed by atoms with Crippen LogP contribution < -0.4 is 59.7 Å². The smallest absolute Gasteiger partial charge is 0.245 e. The van der Waals surface area contributed by atoms with Crippen molar-refractivity contribution in [1.29, 1.82) is 0 Å². The van der Waals surface area contributed by atoms with Gasteiger partial charge >= 0.3 is 0 Å². The third kappa shape index (κ3) is 19.1. The maximum Gasteiger partial charge on any atom is 0.245 e. The molecule has 380 valence electrons. The molecule has 25 nitrogen and oxygen atoms in total. The van der Waals surface area contributed by atoms with E-state index in [1.165, 1.54) is 24.3 Å². The fraction of sp³-hybridized carbons (Fsp3) is 0.591. The number of carbonyl (C=O) groups excluding carboxylic acids is 12. The molecule has 2 heterocycles. The van der Waals surface area contributed by atoms with Crippen molar-refractivity contribution in [1.82, 2.24) is 47.4 Å². The number of nitrogens with two attached hydrogens (primary N) is 3. The van der Waals surface area contributed by atoms with Gasteiger partial charge in [-0.25, -0.2) is 0 Å². The van der Waals surface area contributed by atoms with Crippen LogP contribution in [-0.4, -0.2) is 143 Å². The fourth-order valence-electron chi connectivity index (χ4n) is 7.65. The van der Waals surface area contributed by atoms with Gasteiger partial charge in [0.1, 0.15) is 48.0 Å². The summed E-state index contributed by atoms with van der Waals surface area (Å²) < 4.78 is 0. The summed E-state index contributed by atoms with van der Waals surface area (Å²) in [5.74, 6) is -11.1. The maximum absolute atomic E-state index is 14.4. The van der Waals surface area contributed by atoms with Crippen LogP contribution in [0.15, 0.2) is 24.3 Å². The van der Waals surface area contributed by atoms with Gasteiger partial charge in [0.05, 0.1) is 19.5 Å². The summed E-state index contributed by atoms with van der Waals surface area (Å²) in [7, 11) is 0. The minimum absolute atomic E-state index is 0.00411. The van der Waals surface area contributed by atoms with Crippen molar-refractivity contribution in [2.45, 2.75) is 134 Å². The number of benzene rings is 1. The minimum atomic E-state index is -1.82. The molecule has 2 aliphatic rings. The predicted octanol–water partition coefficient (Wildman–Crippen LogP) is -4.42. The van der Waals surface area contributed by atoms with Gasteiger partial charge in [0.2, 0.25) is 70.9 Å². The van der Waals surface area contributed by atoms with Gasteiger partial charge in [-0.3, -0.25) is 57.5 Å². The molecule has 7 atom stereocenters. The van der Waals surface area contributed by atoms with Crippen LogP contribution in [-0.2, 0) is 64.0 Å². The van der Waals surface area contributed by atoms with Gasteiger partial charge in [0, 0.05) is 25.8 Å². The van der Waals surface area contributed by atoms with Crippen LogP contribution in [0, 0.1) is 11.8 Å². The SMILES string of the molecule is CC(C)C[C@@H]1NC(=O)[C@H](Cc2ccc(O)cc2)NC(=O)CNC(=O)CC[C@@H](C(=O)N2CCC[C@H]2C(=O)N[C@@H](CC(C)C)C(=O)NCC(N)=O)NC(=O)[C@H](CC(N)=O)NC(=O)[C@H](CCC(N)=O)NC1=O. The maximum atomic E-state index is 14.4. The number of amides is 12. The highest BCUT2D eigenvalue weighted by atomic mass is 16.3. The van der Waals surface area contributed by atoms with Gasteiger partial charge in [0.15, 0.2) is 0 Å². The molecule has 0 bridgehead atoms. The number of primary amides is 3. The quantitative estimate of drug-likeness (QED) is 0.0703. The molecule has 12 amide bonds. The highest BCUT2D eigenvalue weighted by Gasteiger charge is 2.40. The van der Waals surface area contributed by atoms with Gasteiger partial charge in [-0.15, -0.1) is 0 Å². The first-order valence-electron chi connectivity index (χ1n) is 22.7. The Balaban J connectivity index is 2.05. The number of hydrogen-bond acceptors (Lipinski definition) is 13. The summed E-state index contributed by atoms with van der Waals surface area (Å²) in [4.78, 5) is 161. The van der Waals surface area contributed by atoms with E-state index in [0.29, 0.717) is 12.0 Å². The zero-order chi connectivity index (χ0) is 51.5. The second-order valence-corrected chi connectivity index (χ2v) is 17.9. The monoisotopic (exact) mass is 970 g/mol. The summed E-state index contributed by atoms with van der Waals surface area (Å²) in [5.41, 5.74) is 16.5. The van der Waals surface area contributed by atoms with Crippen LogP contribution in [0.25, 0.3) is 0 Å². The third-order valence-corrected chi connectivity index (χ3v) is 11.1. The standard InChI is InChI=1S/C44H66N12O13/c1-22(2)16-28(38(63)49-20-35(47)60)55-43(68)32-6-5-15-56(32)44(69)27-12-14-36(61)48-21-37(62)50-30(18-24-7-9-25(57)10-8-24)41(66)53-29(17-23(3)4)40(65)51-26(11-13-33(45)58)39(64)54-31(19-34(46)59)42(67)52-27/h7-10,22-23,26-32,57H,5-6,11-21H2,1-4H3,(H2,45,58)(H2,46,59)(H2,47,60)(H,48,61)(H,49,63)(H,50,62)(H,51,65)(H,52,67)(H,53,66)(H,54,64)(H,55,68)/t26-,27-,28-,29-,30-,31-,32-/m0/s1. The highest BCUT2D eigenvalue weighted by Crippen LogP contribution is 2.21. The normalized spacial score (nSPS) is 22.7. The Morgan fingerprint density at radius 3 is 1.94 bits per heavy atom. The Kier molecular flexibility index (Phi) is 21.8. The zero-order valence-corrected chi connectivity index (χ0v) is 39.2. The molecule has 1 aromatic carbocycles. The minimum Gasteiger partial charge on any atom is -0.508 e. The molecular formula is C44H66N12O13. The number of rotatable bonds is 17. The molecule has 25 heteroatoms. The average molecular weight is 971 g/mol. The second-order valence-electron chi connectivity index (χ2n) is 17.9. The lowest BCUT2D eigenvalue weighted by Gasteiger charge is -2.31. The Morgan fingerprint density at radius 2 is 1.33 bits per heavy atom. The van der Waals surface area contributed by atoms with E-state index in [-0.39, 0.29) is 49.8 Å². The van der Waals surface area contributed by atoms with Gasteiger partial charge in [0.25, 0.3) is 0 Å². The number of nitrogens with zero attached hydrogens (tertiary/aromatic N) is 1. The number of nitrogens with one attached hydrogen (secondary N) is 8. The number of aromatic hydroxyl groups is 1. The summed E-state index contributed by atoms with van der Waals surface area (Å²) in [6.45, 7) is 5.90. The molecule has 0 unspecified atom stereocenters. The van der Waals surface area contributed by atoms with E-state index in [1.807, 2.05) is 0 Å². The molecule has 1 aromatic rings. The Bertz CT molecular complexity index is 2080. The average Bonchev–Trinajstić information content (AvgIpc) is 3.76. The molecule has 15 N–H and O–H groups in total. The molecule has 2 saturated heterocycles. The number of hydrogen-bond donors (Lipinski definition) is 12. The van der Waals surface area contributed by atoms with E-state index in [4.69, 9.17) is 17.2 Å². The van der Waals surface area contributed by atoms with E-state index in [2.05, 4.69) is 42.5 Å². The molecule has 0 aromatic heterocycles. The van der Waals surface area contributed by atoms with Crippen molar-refractivity contribution in [2.75, 3.05) is 19.6 Å². The molecular weight excluding hydrogens is 905 g/mol. The Morgan fingerprint density at radius 1 is 0.725 bits per heavy atom. The van der Waals surface area contributed by atoms with Crippen LogP contribution >= 0.6 is 0 Å². The predicted molar refractivity (Wildman–Crippen MR) is 244 cm³/mol. The first-order valence-corrected chi connectivity index (χ1v) is 22.7. The molecule has 0 saturated carbocycles. The Labute approximate surface area is 398 Å². The second kappa shape index (κ2) is 26.9. The van der Waals surface area contributed by atoms with Gasteiger partial charge in [-0.1, -0.05) is 39.8 Å². The molecule has 0 spiro atoms. The first kappa shape index (κ1) is 56.0. The van der Waals surface area contributed by atoms with Crippen LogP contribution in [0.5, 0.6) is 5.75 Å². The summed E-state index contributed by atoms with van der Waals surface area (Å²) in [6, 6.07) is -4.35. The van der Waals surface area contributed by atoms with E-state index < -0.39 is 158 Å². The lowest BCUT2D eigenvalue weighted by molar-refractivity contribution is -0.143. The molecule has 2 fully saturated rings. The van der Waals surface area contributed by atoms with Crippen LogP contribution in [0.3, 0.4) is 0 Å². The highest BCUT2D eigenvalue weighted by molar-refractivity contribution is 5.99. The van der Waals surface area contributed by atoms with Crippen LogP contribution in [0.2, 0.25) is 0 Å². The number of carbonyl (C=O) groups is 12. The number of phenols is 1. The number of phenolic OH excluding ortho intramolecular Hbond substituents is 1. The molecule has 69 heavy (non-hydrogen) atoms. The van der Waals surface area contributed by atoms with Crippen molar-refractivity contribution in [3.63, 3.8) is 0 Å². The van der Waals surface area contributed by atoms with Crippen LogP contribution in [0.1, 0.15) is 91.0 Å². The van der Waals surface area contributed by atoms with E-state index >= 15 is 0 Å².